The lowest BCUT2D eigenvalue weighted by atomic mass is 9.97. The van der Waals surface area contributed by atoms with Crippen molar-refractivity contribution in [2.45, 2.75) is 12.3 Å². The Bertz CT molecular complexity index is 330. The molecule has 0 amide bonds. The van der Waals surface area contributed by atoms with E-state index in [0.717, 1.165) is 11.3 Å². The van der Waals surface area contributed by atoms with Crippen molar-refractivity contribution < 1.29 is 9.84 Å². The summed E-state index contributed by atoms with van der Waals surface area (Å²) in [6.45, 7) is 0.0233. The Morgan fingerprint density at radius 3 is 2.93 bits per heavy atom. The average molecular weight is 191 g/mol. The zero-order valence-electron chi connectivity index (χ0n) is 8.10. The molecule has 1 unspecified atom stereocenters. The molecule has 1 N–H and O–H groups in total. The summed E-state index contributed by atoms with van der Waals surface area (Å²) in [6, 6.07) is 9.52. The van der Waals surface area contributed by atoms with E-state index >= 15 is 0 Å². The molecule has 0 radical (unpaired) electrons. The second kappa shape index (κ2) is 5.25. The fourth-order valence-electron chi connectivity index (χ4n) is 1.29. The van der Waals surface area contributed by atoms with Gasteiger partial charge < -0.3 is 9.84 Å². The van der Waals surface area contributed by atoms with E-state index in [1.54, 1.807) is 7.11 Å². The maximum atomic E-state index is 8.87. The van der Waals surface area contributed by atoms with Crippen LogP contribution in [-0.4, -0.2) is 18.8 Å². The van der Waals surface area contributed by atoms with Gasteiger partial charge in [0.2, 0.25) is 0 Å². The first-order valence-electron chi connectivity index (χ1n) is 4.46. The number of hydrogen-bond acceptors (Lipinski definition) is 3. The van der Waals surface area contributed by atoms with E-state index in [9.17, 15) is 0 Å². The lowest BCUT2D eigenvalue weighted by molar-refractivity contribution is 0.283. The van der Waals surface area contributed by atoms with Crippen LogP contribution in [0.4, 0.5) is 0 Å². The van der Waals surface area contributed by atoms with Gasteiger partial charge in [-0.15, -0.1) is 0 Å². The molecule has 0 heterocycles. The van der Waals surface area contributed by atoms with Gasteiger partial charge in [0.25, 0.3) is 0 Å². The van der Waals surface area contributed by atoms with Crippen LogP contribution in [0.25, 0.3) is 0 Å². The van der Waals surface area contributed by atoms with Crippen LogP contribution >= 0.6 is 0 Å². The Balaban J connectivity index is 2.88. The quantitative estimate of drug-likeness (QED) is 0.787. The highest BCUT2D eigenvalue weighted by molar-refractivity contribution is 5.33. The first-order valence-corrected chi connectivity index (χ1v) is 4.46. The molecule has 0 aromatic heterocycles. The third-order valence-corrected chi connectivity index (χ3v) is 2.07. The van der Waals surface area contributed by atoms with Crippen LogP contribution in [0, 0.1) is 11.3 Å². The van der Waals surface area contributed by atoms with E-state index < -0.39 is 0 Å². The highest BCUT2D eigenvalue weighted by Gasteiger charge is 2.09. The minimum atomic E-state index is -0.255. The van der Waals surface area contributed by atoms with Crippen LogP contribution in [0.2, 0.25) is 0 Å². The molecule has 3 heteroatoms. The van der Waals surface area contributed by atoms with Gasteiger partial charge in [0, 0.05) is 6.61 Å². The normalized spacial score (nSPS) is 11.8. The number of methoxy groups -OCH3 is 1. The molecule has 1 aromatic carbocycles. The van der Waals surface area contributed by atoms with Gasteiger partial charge in [0.1, 0.15) is 5.75 Å². The topological polar surface area (TPSA) is 53.2 Å². The predicted octanol–water partition coefficient (Wildman–Crippen LogP) is 1.68. The Hall–Kier alpha value is -1.53. The van der Waals surface area contributed by atoms with Gasteiger partial charge in [-0.3, -0.25) is 0 Å². The maximum absolute atomic E-state index is 8.87. The molecule has 3 nitrogen and oxygen atoms in total. The highest BCUT2D eigenvalue weighted by Crippen LogP contribution is 2.22. The summed E-state index contributed by atoms with van der Waals surface area (Å²) in [4.78, 5) is 0. The molecule has 0 spiro atoms. The predicted molar refractivity (Wildman–Crippen MR) is 53.1 cm³/mol. The van der Waals surface area contributed by atoms with Crippen molar-refractivity contribution in [3.8, 4) is 11.8 Å². The van der Waals surface area contributed by atoms with Crippen LogP contribution < -0.4 is 4.74 Å². The standard InChI is InChI=1S/C11H13NO2/c1-14-11-4-2-3-9(7-11)10(8-12)5-6-13/h2-4,7,10,13H,5-6H2,1H3. The zero-order chi connectivity index (χ0) is 10.4. The molecule has 14 heavy (non-hydrogen) atoms. The lowest BCUT2D eigenvalue weighted by Gasteiger charge is -2.08. The smallest absolute Gasteiger partial charge is 0.119 e. The van der Waals surface area contributed by atoms with Gasteiger partial charge in [-0.05, 0) is 24.1 Å². The summed E-state index contributed by atoms with van der Waals surface area (Å²) < 4.78 is 5.06. The van der Waals surface area contributed by atoms with Gasteiger partial charge in [-0.2, -0.15) is 5.26 Å². The third-order valence-electron chi connectivity index (χ3n) is 2.07. The number of aliphatic hydroxyl groups excluding tert-OH is 1. The first kappa shape index (κ1) is 10.6. The van der Waals surface area contributed by atoms with E-state index in [4.69, 9.17) is 15.1 Å². The summed E-state index contributed by atoms with van der Waals surface area (Å²) in [6.07, 6.45) is 0.462. The Kier molecular flexibility index (Phi) is 3.96. The molecule has 1 aromatic rings. The fraction of sp³-hybridized carbons (Fsp3) is 0.364. The van der Waals surface area contributed by atoms with Crippen LogP contribution in [0.3, 0.4) is 0 Å². The van der Waals surface area contributed by atoms with Crippen molar-refractivity contribution in [2.75, 3.05) is 13.7 Å². The van der Waals surface area contributed by atoms with Crippen molar-refractivity contribution in [3.05, 3.63) is 29.8 Å². The second-order valence-electron chi connectivity index (χ2n) is 2.97. The van der Waals surface area contributed by atoms with Gasteiger partial charge in [-0.25, -0.2) is 0 Å². The lowest BCUT2D eigenvalue weighted by Crippen LogP contribution is -1.99. The van der Waals surface area contributed by atoms with E-state index in [1.165, 1.54) is 0 Å². The van der Waals surface area contributed by atoms with Crippen molar-refractivity contribution in [1.29, 1.82) is 5.26 Å². The van der Waals surface area contributed by atoms with E-state index in [0.29, 0.717) is 6.42 Å². The minimum absolute atomic E-state index is 0.0233. The molecule has 0 fully saturated rings. The Morgan fingerprint density at radius 2 is 2.36 bits per heavy atom. The summed E-state index contributed by atoms with van der Waals surface area (Å²) >= 11 is 0. The van der Waals surface area contributed by atoms with Crippen LogP contribution in [0.1, 0.15) is 17.9 Å². The van der Waals surface area contributed by atoms with Gasteiger partial charge >= 0.3 is 0 Å². The average Bonchev–Trinajstić information content (AvgIpc) is 2.26. The molecular formula is C11H13NO2. The molecule has 0 saturated heterocycles. The maximum Gasteiger partial charge on any atom is 0.119 e. The number of ether oxygens (including phenoxy) is 1. The van der Waals surface area contributed by atoms with E-state index in [-0.39, 0.29) is 12.5 Å². The summed E-state index contributed by atoms with van der Waals surface area (Å²) in [7, 11) is 1.59. The number of hydrogen-bond donors (Lipinski definition) is 1. The van der Waals surface area contributed by atoms with Crippen molar-refractivity contribution >= 4 is 0 Å². The molecule has 1 rings (SSSR count). The summed E-state index contributed by atoms with van der Waals surface area (Å²) in [5.41, 5.74) is 0.890. The van der Waals surface area contributed by atoms with Crippen molar-refractivity contribution in [1.82, 2.24) is 0 Å². The third kappa shape index (κ3) is 2.48. The Morgan fingerprint density at radius 1 is 1.57 bits per heavy atom. The molecular weight excluding hydrogens is 178 g/mol. The summed E-state index contributed by atoms with van der Waals surface area (Å²) in [5.74, 6) is 0.482. The van der Waals surface area contributed by atoms with Crippen LogP contribution in [0.5, 0.6) is 5.75 Å². The number of rotatable bonds is 4. The fourth-order valence-corrected chi connectivity index (χ4v) is 1.29. The molecule has 0 aliphatic heterocycles. The molecule has 0 aliphatic rings. The van der Waals surface area contributed by atoms with E-state index in [1.807, 2.05) is 24.3 Å². The highest BCUT2D eigenvalue weighted by atomic mass is 16.5. The largest absolute Gasteiger partial charge is 0.497 e. The number of nitrogens with zero attached hydrogens (tertiary/aromatic N) is 1. The summed E-state index contributed by atoms with van der Waals surface area (Å²) in [5, 5.41) is 17.6. The molecule has 0 bridgehead atoms. The molecule has 0 saturated carbocycles. The number of aliphatic hydroxyl groups is 1. The Labute approximate surface area is 83.6 Å². The number of benzene rings is 1. The zero-order valence-corrected chi connectivity index (χ0v) is 8.10. The van der Waals surface area contributed by atoms with Crippen molar-refractivity contribution in [3.63, 3.8) is 0 Å². The van der Waals surface area contributed by atoms with Gasteiger partial charge in [0.05, 0.1) is 19.1 Å². The van der Waals surface area contributed by atoms with E-state index in [2.05, 4.69) is 6.07 Å². The first-order chi connectivity index (χ1) is 6.81. The molecule has 74 valence electrons. The van der Waals surface area contributed by atoms with Gasteiger partial charge in [-0.1, -0.05) is 12.1 Å². The molecule has 1 atom stereocenters. The van der Waals surface area contributed by atoms with Crippen molar-refractivity contribution in [2.24, 2.45) is 0 Å². The SMILES string of the molecule is COc1cccc(C(C#N)CCO)c1. The van der Waals surface area contributed by atoms with Gasteiger partial charge in [0.15, 0.2) is 0 Å². The minimum Gasteiger partial charge on any atom is -0.497 e. The van der Waals surface area contributed by atoms with Crippen LogP contribution in [0.15, 0.2) is 24.3 Å². The monoisotopic (exact) mass is 191 g/mol. The number of nitriles is 1. The molecule has 0 aliphatic carbocycles. The second-order valence-corrected chi connectivity index (χ2v) is 2.97. The van der Waals surface area contributed by atoms with Crippen LogP contribution in [-0.2, 0) is 0 Å².